The summed E-state index contributed by atoms with van der Waals surface area (Å²) in [5.74, 6) is -0.472. The molecule has 0 bridgehead atoms. The molecule has 1 saturated heterocycles. The lowest BCUT2D eigenvalue weighted by atomic mass is 9.95. The topological polar surface area (TPSA) is 58.6 Å². The molecule has 6 heteroatoms. The number of alkyl halides is 1. The smallest absolute Gasteiger partial charge is 0.407 e. The number of amides is 2. The molecule has 0 radical (unpaired) electrons. The summed E-state index contributed by atoms with van der Waals surface area (Å²) in [6.07, 6.45) is 0.0814. The minimum atomic E-state index is -0.641. The summed E-state index contributed by atoms with van der Waals surface area (Å²) in [6, 6.07) is 9.19. The number of nitrogens with one attached hydrogen (secondary N) is 1. The van der Waals surface area contributed by atoms with Gasteiger partial charge in [0.15, 0.2) is 0 Å². The molecule has 1 fully saturated rings. The second kappa shape index (κ2) is 8.52. The maximum atomic E-state index is 13.0. The van der Waals surface area contributed by atoms with E-state index in [0.717, 1.165) is 5.56 Å². The maximum Gasteiger partial charge on any atom is 0.407 e. The fraction of sp³-hybridized carbons (Fsp3) is 0.600. The van der Waals surface area contributed by atoms with Gasteiger partial charge in [-0.2, -0.15) is 0 Å². The average Bonchev–Trinajstić information content (AvgIpc) is 2.94. The van der Waals surface area contributed by atoms with Gasteiger partial charge in [0.25, 0.3) is 0 Å². The average molecular weight is 364 g/mol. The van der Waals surface area contributed by atoms with E-state index >= 15 is 0 Å². The van der Waals surface area contributed by atoms with E-state index in [0.29, 0.717) is 13.0 Å². The minimum absolute atomic E-state index is 0.0455. The van der Waals surface area contributed by atoms with Crippen LogP contribution in [-0.4, -0.2) is 41.8 Å². The van der Waals surface area contributed by atoms with E-state index in [9.17, 15) is 14.0 Å². The molecule has 26 heavy (non-hydrogen) atoms. The van der Waals surface area contributed by atoms with Gasteiger partial charge in [-0.05, 0) is 46.1 Å². The molecule has 1 aromatic rings. The van der Waals surface area contributed by atoms with Gasteiger partial charge in [-0.25, -0.2) is 4.79 Å². The first-order chi connectivity index (χ1) is 12.2. The predicted molar refractivity (Wildman–Crippen MR) is 98.4 cm³/mol. The molecule has 1 aromatic carbocycles. The highest BCUT2D eigenvalue weighted by Crippen LogP contribution is 2.31. The van der Waals surface area contributed by atoms with Crippen molar-refractivity contribution in [1.29, 1.82) is 0 Å². The van der Waals surface area contributed by atoms with Crippen LogP contribution in [0.25, 0.3) is 0 Å². The second-order valence-electron chi connectivity index (χ2n) is 7.74. The Morgan fingerprint density at radius 3 is 2.58 bits per heavy atom. The van der Waals surface area contributed by atoms with Crippen molar-refractivity contribution in [2.75, 3.05) is 13.2 Å². The molecule has 1 heterocycles. The molecule has 1 N–H and O–H groups in total. The van der Waals surface area contributed by atoms with E-state index in [1.54, 1.807) is 20.8 Å². The maximum absolute atomic E-state index is 13.0. The third-order valence-corrected chi connectivity index (χ3v) is 4.64. The van der Waals surface area contributed by atoms with Crippen molar-refractivity contribution in [3.05, 3.63) is 35.9 Å². The number of carbonyl (C=O) groups excluding carboxylic acids is 2. The molecule has 1 aliphatic rings. The third kappa shape index (κ3) is 5.19. The van der Waals surface area contributed by atoms with Crippen LogP contribution in [0.3, 0.4) is 0 Å². The van der Waals surface area contributed by atoms with Crippen molar-refractivity contribution in [3.8, 4) is 0 Å². The van der Waals surface area contributed by atoms with Gasteiger partial charge in [-0.15, -0.1) is 0 Å². The lowest BCUT2D eigenvalue weighted by Gasteiger charge is -2.28. The van der Waals surface area contributed by atoms with E-state index in [2.05, 4.69) is 5.32 Å². The molecular weight excluding hydrogens is 335 g/mol. The monoisotopic (exact) mass is 364 g/mol. The Morgan fingerprint density at radius 1 is 1.35 bits per heavy atom. The van der Waals surface area contributed by atoms with Crippen LogP contribution < -0.4 is 5.32 Å². The number of hydrogen-bond donors (Lipinski definition) is 1. The van der Waals surface area contributed by atoms with E-state index in [4.69, 9.17) is 4.74 Å². The van der Waals surface area contributed by atoms with Gasteiger partial charge in [0.2, 0.25) is 5.91 Å². The first-order valence-corrected chi connectivity index (χ1v) is 9.14. The van der Waals surface area contributed by atoms with Gasteiger partial charge >= 0.3 is 6.09 Å². The molecule has 0 aliphatic carbocycles. The van der Waals surface area contributed by atoms with E-state index in [1.165, 1.54) is 0 Å². The Hall–Kier alpha value is -2.11. The number of rotatable bonds is 6. The number of halogens is 1. The lowest BCUT2D eigenvalue weighted by Crippen LogP contribution is -2.46. The molecule has 0 unspecified atom stereocenters. The summed E-state index contributed by atoms with van der Waals surface area (Å²) in [5, 5.41) is 2.70. The first-order valence-electron chi connectivity index (χ1n) is 9.14. The summed E-state index contributed by atoms with van der Waals surface area (Å²) in [7, 11) is 0. The van der Waals surface area contributed by atoms with Crippen LogP contribution in [0.4, 0.5) is 9.18 Å². The van der Waals surface area contributed by atoms with Crippen LogP contribution in [0.5, 0.6) is 0 Å². The summed E-state index contributed by atoms with van der Waals surface area (Å²) in [5.41, 5.74) is 0.418. The summed E-state index contributed by atoms with van der Waals surface area (Å²) in [6.45, 7) is 7.28. The molecule has 2 amide bonds. The number of carbonyl (C=O) groups is 2. The zero-order chi connectivity index (χ0) is 19.3. The Labute approximate surface area is 154 Å². The van der Waals surface area contributed by atoms with Gasteiger partial charge < -0.3 is 15.0 Å². The third-order valence-electron chi connectivity index (χ3n) is 4.64. The molecular formula is C20H29FN2O3. The number of alkyl carbamates (subject to hydrolysis) is 1. The van der Waals surface area contributed by atoms with Crippen molar-refractivity contribution in [1.82, 2.24) is 10.2 Å². The van der Waals surface area contributed by atoms with Crippen molar-refractivity contribution in [3.63, 3.8) is 0 Å². The fourth-order valence-corrected chi connectivity index (χ4v) is 3.34. The molecule has 0 spiro atoms. The Morgan fingerprint density at radius 2 is 2.00 bits per heavy atom. The second-order valence-corrected chi connectivity index (χ2v) is 7.74. The van der Waals surface area contributed by atoms with E-state index < -0.39 is 30.3 Å². The highest BCUT2D eigenvalue weighted by atomic mass is 19.1. The molecule has 2 rings (SSSR count). The minimum Gasteiger partial charge on any atom is -0.444 e. The van der Waals surface area contributed by atoms with Gasteiger partial charge in [-0.3, -0.25) is 9.18 Å². The van der Waals surface area contributed by atoms with Crippen LogP contribution >= 0.6 is 0 Å². The summed E-state index contributed by atoms with van der Waals surface area (Å²) in [4.78, 5) is 26.8. The van der Waals surface area contributed by atoms with Gasteiger partial charge in [0.05, 0.1) is 18.6 Å². The summed E-state index contributed by atoms with van der Waals surface area (Å²) >= 11 is 0. The fourth-order valence-electron chi connectivity index (χ4n) is 3.34. The van der Waals surface area contributed by atoms with E-state index in [1.807, 2.05) is 42.2 Å². The van der Waals surface area contributed by atoms with Gasteiger partial charge in [-0.1, -0.05) is 30.3 Å². The zero-order valence-electron chi connectivity index (χ0n) is 16.0. The van der Waals surface area contributed by atoms with Crippen molar-refractivity contribution < 1.29 is 18.7 Å². The number of benzene rings is 1. The van der Waals surface area contributed by atoms with Gasteiger partial charge in [0.1, 0.15) is 5.60 Å². The number of nitrogens with zero attached hydrogens (tertiary/aromatic N) is 1. The number of ether oxygens (including phenoxy) is 1. The van der Waals surface area contributed by atoms with Crippen molar-refractivity contribution in [2.24, 2.45) is 5.92 Å². The van der Waals surface area contributed by atoms with Crippen LogP contribution in [0, 0.1) is 5.92 Å². The molecule has 0 saturated carbocycles. The highest BCUT2D eigenvalue weighted by Gasteiger charge is 2.40. The normalized spacial score (nSPS) is 20.0. The Bertz CT molecular complexity index is 615. The molecule has 144 valence electrons. The predicted octanol–water partition coefficient (Wildman–Crippen LogP) is 3.85. The van der Waals surface area contributed by atoms with Crippen LogP contribution in [0.2, 0.25) is 0 Å². The molecule has 1 aliphatic heterocycles. The zero-order valence-corrected chi connectivity index (χ0v) is 16.0. The molecule has 3 atom stereocenters. The van der Waals surface area contributed by atoms with Crippen LogP contribution in [0.1, 0.15) is 52.1 Å². The lowest BCUT2D eigenvalue weighted by molar-refractivity contribution is -0.133. The summed E-state index contributed by atoms with van der Waals surface area (Å²) < 4.78 is 18.3. The number of likely N-dealkylation sites (tertiary alicyclic amines) is 1. The number of hydrogen-bond acceptors (Lipinski definition) is 3. The van der Waals surface area contributed by atoms with Crippen molar-refractivity contribution in [2.45, 2.75) is 58.2 Å². The quantitative estimate of drug-likeness (QED) is 0.834. The van der Waals surface area contributed by atoms with Gasteiger partial charge in [0, 0.05) is 12.6 Å². The standard InChI is InChI=1S/C20H29FN2O3/c1-14(15-8-6-5-7-9-15)23-13-11-16(18(23)24)17(10-12-21)22-19(25)26-20(2,3)4/h5-9,14,16-17H,10-13H2,1-4H3,(H,22,25)/t14-,16+,17+/m1/s1. The molecule has 5 nitrogen and oxygen atoms in total. The molecule has 0 aromatic heterocycles. The largest absolute Gasteiger partial charge is 0.444 e. The first kappa shape index (κ1) is 20.2. The van der Waals surface area contributed by atoms with Crippen molar-refractivity contribution >= 4 is 12.0 Å². The SMILES string of the molecule is C[C@H](c1ccccc1)N1CC[C@@H]([C@H](CCF)NC(=O)OC(C)(C)C)C1=O. The highest BCUT2D eigenvalue weighted by molar-refractivity contribution is 5.83. The Balaban J connectivity index is 2.06. The van der Waals surface area contributed by atoms with Crippen LogP contribution in [-0.2, 0) is 9.53 Å². The van der Waals surface area contributed by atoms with E-state index in [-0.39, 0.29) is 18.4 Å². The van der Waals surface area contributed by atoms with Crippen LogP contribution in [0.15, 0.2) is 30.3 Å². The Kier molecular flexibility index (Phi) is 6.62.